The molecule has 2 aromatic rings. The Morgan fingerprint density at radius 3 is 1.66 bits per heavy atom. The molecule has 0 atom stereocenters. The predicted octanol–water partition coefficient (Wildman–Crippen LogP) is 9.67. The van der Waals surface area contributed by atoms with E-state index in [1.54, 1.807) is 0 Å². The van der Waals surface area contributed by atoms with Crippen molar-refractivity contribution in [3.63, 3.8) is 0 Å². The summed E-state index contributed by atoms with van der Waals surface area (Å²) < 4.78 is 0. The molecule has 0 spiro atoms. The van der Waals surface area contributed by atoms with Gasteiger partial charge in [-0.1, -0.05) is 109 Å². The number of aromatic nitrogens is 2. The van der Waals surface area contributed by atoms with E-state index in [1.165, 1.54) is 113 Å². The van der Waals surface area contributed by atoms with Crippen molar-refractivity contribution in [2.45, 2.75) is 121 Å². The van der Waals surface area contributed by atoms with Gasteiger partial charge in [-0.15, -0.1) is 11.8 Å². The average molecular weight is 455 g/mol. The van der Waals surface area contributed by atoms with Crippen LogP contribution in [0.5, 0.6) is 0 Å². The van der Waals surface area contributed by atoms with Gasteiger partial charge in [-0.3, -0.25) is 0 Å². The van der Waals surface area contributed by atoms with Gasteiger partial charge in [-0.05, 0) is 42.7 Å². The highest BCUT2D eigenvalue weighted by Crippen LogP contribution is 2.23. The first-order chi connectivity index (χ1) is 15.8. The maximum atomic E-state index is 4.63. The number of benzene rings is 1. The van der Waals surface area contributed by atoms with Crippen LogP contribution in [0.15, 0.2) is 41.6 Å². The number of hydrogen-bond donors (Lipinski definition) is 0. The monoisotopic (exact) mass is 454 g/mol. The van der Waals surface area contributed by atoms with Crippen molar-refractivity contribution in [2.24, 2.45) is 0 Å². The second-order valence-electron chi connectivity index (χ2n) is 9.13. The van der Waals surface area contributed by atoms with Crippen molar-refractivity contribution in [1.29, 1.82) is 0 Å². The number of nitrogens with zero attached hydrogens (tertiary/aromatic N) is 2. The van der Waals surface area contributed by atoms with Gasteiger partial charge in [0.2, 0.25) is 0 Å². The van der Waals surface area contributed by atoms with E-state index in [-0.39, 0.29) is 0 Å². The fourth-order valence-electron chi connectivity index (χ4n) is 4.05. The van der Waals surface area contributed by atoms with Crippen molar-refractivity contribution < 1.29 is 0 Å². The zero-order valence-corrected chi connectivity index (χ0v) is 21.6. The smallest absolute Gasteiger partial charge is 0.159 e. The van der Waals surface area contributed by atoms with Gasteiger partial charge in [0, 0.05) is 22.9 Å². The summed E-state index contributed by atoms with van der Waals surface area (Å²) in [7, 11) is 0. The maximum absolute atomic E-state index is 4.63. The lowest BCUT2D eigenvalue weighted by Gasteiger charge is -2.06. The molecule has 1 heterocycles. The minimum atomic E-state index is 0.841. The molecule has 0 saturated heterocycles. The highest BCUT2D eigenvalue weighted by atomic mass is 32.2. The van der Waals surface area contributed by atoms with Crippen molar-refractivity contribution in [1.82, 2.24) is 9.97 Å². The highest BCUT2D eigenvalue weighted by Gasteiger charge is 2.03. The van der Waals surface area contributed by atoms with Crippen LogP contribution in [0.3, 0.4) is 0 Å². The van der Waals surface area contributed by atoms with E-state index in [1.807, 2.05) is 24.2 Å². The van der Waals surface area contributed by atoms with Crippen LogP contribution in [0.1, 0.15) is 116 Å². The molecule has 32 heavy (non-hydrogen) atoms. The Kier molecular flexibility index (Phi) is 15.2. The van der Waals surface area contributed by atoms with Crippen LogP contribution >= 0.6 is 11.8 Å². The lowest BCUT2D eigenvalue weighted by atomic mass is 10.1. The molecule has 3 heteroatoms. The Labute approximate surface area is 202 Å². The van der Waals surface area contributed by atoms with Crippen LogP contribution in [0.2, 0.25) is 0 Å². The summed E-state index contributed by atoms with van der Waals surface area (Å²) in [5, 5.41) is 0. The maximum Gasteiger partial charge on any atom is 0.159 e. The molecule has 2 rings (SSSR count). The summed E-state index contributed by atoms with van der Waals surface area (Å²) in [6.45, 7) is 4.56. The van der Waals surface area contributed by atoms with Crippen LogP contribution in [-0.2, 0) is 6.42 Å². The van der Waals surface area contributed by atoms with E-state index >= 15 is 0 Å². The van der Waals surface area contributed by atoms with Gasteiger partial charge < -0.3 is 0 Å². The van der Waals surface area contributed by atoms with E-state index in [0.29, 0.717) is 0 Å². The van der Waals surface area contributed by atoms with Gasteiger partial charge in [-0.25, -0.2) is 9.97 Å². The molecule has 0 N–H and O–H groups in total. The molecule has 0 aliphatic heterocycles. The molecule has 0 fully saturated rings. The number of hydrogen-bond acceptors (Lipinski definition) is 3. The van der Waals surface area contributed by atoms with E-state index in [4.69, 9.17) is 0 Å². The molecule has 0 radical (unpaired) electrons. The van der Waals surface area contributed by atoms with E-state index in [2.05, 4.69) is 48.1 Å². The lowest BCUT2D eigenvalue weighted by Crippen LogP contribution is -1.93. The first-order valence-corrected chi connectivity index (χ1v) is 14.4. The standard InChI is InChI=1S/C29H46N2S/c1-3-5-7-9-11-12-14-16-18-26-24-30-29(31-25-26)27-19-21-28(22-20-27)32-23-17-15-13-10-8-6-4-2/h19-22,24-25H,3-18,23H2,1-2H3. The minimum absolute atomic E-state index is 0.841. The van der Waals surface area contributed by atoms with Gasteiger partial charge in [0.05, 0.1) is 0 Å². The SMILES string of the molecule is CCCCCCCCCCc1cnc(-c2ccc(SCCCCCCCCC)cc2)nc1. The molecule has 1 aromatic heterocycles. The van der Waals surface area contributed by atoms with Crippen molar-refractivity contribution in [3.8, 4) is 11.4 Å². The second-order valence-corrected chi connectivity index (χ2v) is 10.3. The first kappa shape index (κ1) is 26.9. The van der Waals surface area contributed by atoms with Crippen LogP contribution in [0.25, 0.3) is 11.4 Å². The molecular weight excluding hydrogens is 408 g/mol. The molecule has 1 aromatic carbocycles. The third-order valence-corrected chi connectivity index (χ3v) is 7.25. The topological polar surface area (TPSA) is 25.8 Å². The van der Waals surface area contributed by atoms with Gasteiger partial charge in [0.25, 0.3) is 0 Å². The molecular formula is C29H46N2S. The average Bonchev–Trinajstić information content (AvgIpc) is 2.83. The summed E-state index contributed by atoms with van der Waals surface area (Å²) in [4.78, 5) is 10.6. The second kappa shape index (κ2) is 18.1. The molecule has 0 saturated carbocycles. The highest BCUT2D eigenvalue weighted by molar-refractivity contribution is 7.99. The van der Waals surface area contributed by atoms with Gasteiger partial charge >= 0.3 is 0 Å². The van der Waals surface area contributed by atoms with Crippen molar-refractivity contribution in [2.75, 3.05) is 5.75 Å². The summed E-state index contributed by atoms with van der Waals surface area (Å²) in [6, 6.07) is 8.78. The van der Waals surface area contributed by atoms with Crippen LogP contribution in [0.4, 0.5) is 0 Å². The number of rotatable bonds is 19. The third kappa shape index (κ3) is 12.0. The Morgan fingerprint density at radius 1 is 0.594 bits per heavy atom. The van der Waals surface area contributed by atoms with E-state index in [9.17, 15) is 0 Å². The Balaban J connectivity index is 1.61. The zero-order valence-electron chi connectivity index (χ0n) is 20.8. The molecule has 0 amide bonds. The number of aryl methyl sites for hydroxylation is 1. The number of unbranched alkanes of at least 4 members (excludes halogenated alkanes) is 13. The Bertz CT molecular complexity index is 620. The molecule has 0 unspecified atom stereocenters. The summed E-state index contributed by atoms with van der Waals surface area (Å²) >= 11 is 1.97. The largest absolute Gasteiger partial charge is 0.236 e. The van der Waals surface area contributed by atoms with Gasteiger partial charge in [0.15, 0.2) is 5.82 Å². The molecule has 178 valence electrons. The van der Waals surface area contributed by atoms with Gasteiger partial charge in [0.1, 0.15) is 0 Å². The van der Waals surface area contributed by atoms with Crippen LogP contribution in [0, 0.1) is 0 Å². The Morgan fingerprint density at radius 2 is 1.09 bits per heavy atom. The zero-order chi connectivity index (χ0) is 22.7. The summed E-state index contributed by atoms with van der Waals surface area (Å²) in [5.74, 6) is 2.06. The van der Waals surface area contributed by atoms with Crippen molar-refractivity contribution >= 4 is 11.8 Å². The fourth-order valence-corrected chi connectivity index (χ4v) is 4.96. The van der Waals surface area contributed by atoms with Crippen molar-refractivity contribution in [3.05, 3.63) is 42.2 Å². The number of thioether (sulfide) groups is 1. The summed E-state index contributed by atoms with van der Waals surface area (Å²) in [5.41, 5.74) is 2.38. The molecule has 0 aliphatic carbocycles. The van der Waals surface area contributed by atoms with Crippen LogP contribution in [-0.4, -0.2) is 15.7 Å². The minimum Gasteiger partial charge on any atom is -0.236 e. The third-order valence-electron chi connectivity index (χ3n) is 6.15. The Hall–Kier alpha value is -1.35. The quantitative estimate of drug-likeness (QED) is 0.156. The first-order valence-electron chi connectivity index (χ1n) is 13.4. The molecule has 0 aliphatic rings. The van der Waals surface area contributed by atoms with E-state index in [0.717, 1.165) is 17.8 Å². The molecule has 2 nitrogen and oxygen atoms in total. The normalized spacial score (nSPS) is 11.2. The predicted molar refractivity (Wildman–Crippen MR) is 142 cm³/mol. The molecule has 0 bridgehead atoms. The van der Waals surface area contributed by atoms with E-state index < -0.39 is 0 Å². The van der Waals surface area contributed by atoms with Gasteiger partial charge in [-0.2, -0.15) is 0 Å². The van der Waals surface area contributed by atoms with Crippen LogP contribution < -0.4 is 0 Å². The fraction of sp³-hybridized carbons (Fsp3) is 0.655. The summed E-state index contributed by atoms with van der Waals surface area (Å²) in [6.07, 6.45) is 25.6. The lowest BCUT2D eigenvalue weighted by molar-refractivity contribution is 0.575.